The first-order chi connectivity index (χ1) is 11.2. The van der Waals surface area contributed by atoms with Gasteiger partial charge in [-0.25, -0.2) is 0 Å². The molecule has 1 aromatic rings. The van der Waals surface area contributed by atoms with E-state index < -0.39 is 0 Å². The van der Waals surface area contributed by atoms with Crippen molar-refractivity contribution in [2.45, 2.75) is 0 Å². The van der Waals surface area contributed by atoms with Gasteiger partial charge in [0, 0.05) is 6.08 Å². The molecular weight excluding hydrogens is 296 g/mol. The van der Waals surface area contributed by atoms with Crippen molar-refractivity contribution in [2.24, 2.45) is 0 Å². The second kappa shape index (κ2) is 9.17. The van der Waals surface area contributed by atoms with Crippen molar-refractivity contribution in [3.63, 3.8) is 0 Å². The lowest BCUT2D eigenvalue weighted by atomic mass is 10.2. The zero-order valence-corrected chi connectivity index (χ0v) is 13.8. The Morgan fingerprint density at radius 1 is 1.26 bits per heavy atom. The first-order valence-electron chi connectivity index (χ1n) is 7.82. The molecule has 23 heavy (non-hydrogen) atoms. The summed E-state index contributed by atoms with van der Waals surface area (Å²) in [6, 6.07) is 5.53. The van der Waals surface area contributed by atoms with Gasteiger partial charge in [-0.1, -0.05) is 6.07 Å². The Morgan fingerprint density at radius 3 is 2.70 bits per heavy atom. The third-order valence-electron chi connectivity index (χ3n) is 3.81. The Balaban J connectivity index is 1.78. The highest BCUT2D eigenvalue weighted by Gasteiger charge is 2.12. The lowest BCUT2D eigenvalue weighted by molar-refractivity contribution is -0.906. The van der Waals surface area contributed by atoms with Gasteiger partial charge in [0.05, 0.1) is 40.5 Å². The van der Waals surface area contributed by atoms with Crippen LogP contribution in [0.1, 0.15) is 5.56 Å². The topological polar surface area (TPSA) is 61.2 Å². The minimum absolute atomic E-state index is 0.0903. The zero-order chi connectivity index (χ0) is 16.5. The molecule has 1 fully saturated rings. The fourth-order valence-electron chi connectivity index (χ4n) is 2.46. The third kappa shape index (κ3) is 5.58. The molecule has 1 aliphatic rings. The summed E-state index contributed by atoms with van der Waals surface area (Å²) in [5, 5.41) is 2.91. The minimum Gasteiger partial charge on any atom is -0.493 e. The molecule has 0 unspecified atom stereocenters. The average Bonchev–Trinajstić information content (AvgIpc) is 2.60. The average molecular weight is 321 g/mol. The summed E-state index contributed by atoms with van der Waals surface area (Å²) in [6.07, 6.45) is 3.30. The van der Waals surface area contributed by atoms with Crippen LogP contribution in [0, 0.1) is 0 Å². The number of quaternary nitrogens is 1. The monoisotopic (exact) mass is 321 g/mol. The summed E-state index contributed by atoms with van der Waals surface area (Å²) >= 11 is 0. The Bertz CT molecular complexity index is 539. The molecule has 126 valence electrons. The second-order valence-corrected chi connectivity index (χ2v) is 5.35. The Kier molecular flexibility index (Phi) is 6.90. The molecule has 1 amide bonds. The number of rotatable bonds is 7. The van der Waals surface area contributed by atoms with Crippen molar-refractivity contribution < 1.29 is 23.9 Å². The first kappa shape index (κ1) is 17.3. The van der Waals surface area contributed by atoms with Gasteiger partial charge in [-0.05, 0) is 23.8 Å². The lowest BCUT2D eigenvalue weighted by Crippen LogP contribution is -3.14. The fourth-order valence-corrected chi connectivity index (χ4v) is 2.46. The van der Waals surface area contributed by atoms with Gasteiger partial charge in [-0.3, -0.25) is 4.79 Å². The summed E-state index contributed by atoms with van der Waals surface area (Å²) in [5.74, 6) is 1.22. The Morgan fingerprint density at radius 2 is 2.00 bits per heavy atom. The molecule has 0 spiro atoms. The second-order valence-electron chi connectivity index (χ2n) is 5.35. The van der Waals surface area contributed by atoms with Crippen LogP contribution >= 0.6 is 0 Å². The number of hydrogen-bond acceptors (Lipinski definition) is 4. The third-order valence-corrected chi connectivity index (χ3v) is 3.81. The maximum atomic E-state index is 11.8. The van der Waals surface area contributed by atoms with Crippen LogP contribution in [-0.2, 0) is 9.53 Å². The molecular formula is C17H25N2O4+. The van der Waals surface area contributed by atoms with Gasteiger partial charge in [0.2, 0.25) is 5.91 Å². The fraction of sp³-hybridized carbons (Fsp3) is 0.471. The molecule has 0 saturated carbocycles. The molecule has 2 N–H and O–H groups in total. The number of carbonyl (C=O) groups is 1. The molecule has 0 radical (unpaired) electrons. The highest BCUT2D eigenvalue weighted by atomic mass is 16.5. The van der Waals surface area contributed by atoms with E-state index in [1.165, 1.54) is 11.0 Å². The molecule has 1 saturated heterocycles. The van der Waals surface area contributed by atoms with Crippen LogP contribution in [0.4, 0.5) is 0 Å². The maximum absolute atomic E-state index is 11.8. The largest absolute Gasteiger partial charge is 0.493 e. The SMILES string of the molecule is COc1ccc(/C=C/C(=O)NCC[NH+]2CCOCC2)cc1OC. The number of hydrogen-bond donors (Lipinski definition) is 2. The number of benzene rings is 1. The summed E-state index contributed by atoms with van der Waals surface area (Å²) in [4.78, 5) is 13.3. The Hall–Kier alpha value is -2.05. The minimum atomic E-state index is -0.0903. The molecule has 1 aliphatic heterocycles. The predicted octanol–water partition coefficient (Wildman–Crippen LogP) is -0.252. The highest BCUT2D eigenvalue weighted by Crippen LogP contribution is 2.27. The van der Waals surface area contributed by atoms with Crippen LogP contribution in [0.3, 0.4) is 0 Å². The summed E-state index contributed by atoms with van der Waals surface area (Å²) < 4.78 is 15.7. The molecule has 1 heterocycles. The van der Waals surface area contributed by atoms with Gasteiger partial charge in [0.15, 0.2) is 11.5 Å². The van der Waals surface area contributed by atoms with Crippen molar-refractivity contribution in [1.29, 1.82) is 0 Å². The van der Waals surface area contributed by atoms with Gasteiger partial charge in [-0.15, -0.1) is 0 Å². The van der Waals surface area contributed by atoms with E-state index in [0.717, 1.165) is 38.4 Å². The number of amides is 1. The molecule has 0 bridgehead atoms. The molecule has 0 aliphatic carbocycles. The van der Waals surface area contributed by atoms with E-state index in [1.54, 1.807) is 20.3 Å². The van der Waals surface area contributed by atoms with E-state index in [-0.39, 0.29) is 5.91 Å². The van der Waals surface area contributed by atoms with Crippen LogP contribution < -0.4 is 19.7 Å². The van der Waals surface area contributed by atoms with Crippen molar-refractivity contribution in [3.05, 3.63) is 29.8 Å². The van der Waals surface area contributed by atoms with Gasteiger partial charge in [-0.2, -0.15) is 0 Å². The number of carbonyl (C=O) groups excluding carboxylic acids is 1. The number of nitrogens with one attached hydrogen (secondary N) is 2. The number of methoxy groups -OCH3 is 2. The van der Waals surface area contributed by atoms with Crippen molar-refractivity contribution >= 4 is 12.0 Å². The summed E-state index contributed by atoms with van der Waals surface area (Å²) in [5.41, 5.74) is 0.886. The zero-order valence-electron chi connectivity index (χ0n) is 13.8. The standard InChI is InChI=1S/C17H24N2O4/c1-21-15-5-3-14(13-16(15)22-2)4-6-17(20)18-7-8-19-9-11-23-12-10-19/h3-6,13H,7-12H2,1-2H3,(H,18,20)/p+1/b6-4+. The van der Waals surface area contributed by atoms with Gasteiger partial charge in [0.25, 0.3) is 0 Å². The number of ether oxygens (including phenoxy) is 3. The summed E-state index contributed by atoms with van der Waals surface area (Å²) in [6.45, 7) is 5.24. The predicted molar refractivity (Wildman–Crippen MR) is 88.0 cm³/mol. The van der Waals surface area contributed by atoms with Crippen LogP contribution in [-0.4, -0.2) is 59.5 Å². The quantitative estimate of drug-likeness (QED) is 0.680. The Labute approximate surface area is 137 Å². The van der Waals surface area contributed by atoms with Crippen LogP contribution in [0.25, 0.3) is 6.08 Å². The van der Waals surface area contributed by atoms with E-state index in [9.17, 15) is 4.79 Å². The van der Waals surface area contributed by atoms with Gasteiger partial charge in [0.1, 0.15) is 13.1 Å². The molecule has 6 heteroatoms. The van der Waals surface area contributed by atoms with Crippen molar-refractivity contribution in [3.8, 4) is 11.5 Å². The highest BCUT2D eigenvalue weighted by molar-refractivity contribution is 5.91. The van der Waals surface area contributed by atoms with Crippen LogP contribution in [0.5, 0.6) is 11.5 Å². The molecule has 0 atom stereocenters. The van der Waals surface area contributed by atoms with E-state index in [1.807, 2.05) is 18.2 Å². The van der Waals surface area contributed by atoms with E-state index >= 15 is 0 Å². The first-order valence-corrected chi connectivity index (χ1v) is 7.82. The van der Waals surface area contributed by atoms with Gasteiger partial charge < -0.3 is 24.4 Å². The molecule has 0 aromatic heterocycles. The van der Waals surface area contributed by atoms with Crippen molar-refractivity contribution in [1.82, 2.24) is 5.32 Å². The van der Waals surface area contributed by atoms with E-state index in [4.69, 9.17) is 14.2 Å². The molecule has 1 aromatic carbocycles. The number of morpholine rings is 1. The molecule has 2 rings (SSSR count). The molecule has 6 nitrogen and oxygen atoms in total. The normalized spacial score (nSPS) is 15.6. The maximum Gasteiger partial charge on any atom is 0.244 e. The van der Waals surface area contributed by atoms with Crippen LogP contribution in [0.15, 0.2) is 24.3 Å². The lowest BCUT2D eigenvalue weighted by Gasteiger charge is -2.23. The van der Waals surface area contributed by atoms with Crippen LogP contribution in [0.2, 0.25) is 0 Å². The van der Waals surface area contributed by atoms with Gasteiger partial charge >= 0.3 is 0 Å². The smallest absolute Gasteiger partial charge is 0.244 e. The summed E-state index contributed by atoms with van der Waals surface area (Å²) in [7, 11) is 3.18. The van der Waals surface area contributed by atoms with Crippen molar-refractivity contribution in [2.75, 3.05) is 53.6 Å². The van der Waals surface area contributed by atoms with E-state index in [2.05, 4.69) is 5.32 Å². The van der Waals surface area contributed by atoms with E-state index in [0.29, 0.717) is 18.0 Å².